The van der Waals surface area contributed by atoms with E-state index in [1.165, 1.54) is 26.4 Å². The number of esters is 2. The van der Waals surface area contributed by atoms with Crippen molar-refractivity contribution in [2.75, 3.05) is 14.2 Å². The standard InChI is InChI=1S/C21H22F3NO4/c1-11-16(19(26)28-3)18(13-5-7-14(8-6-13)21(22,23)24)17(20(27)29-4)12(2)25(11)15-9-10-15/h5-8,15,18H,9-10H2,1-4H3. The molecule has 0 bridgehead atoms. The molecule has 29 heavy (non-hydrogen) atoms. The highest BCUT2D eigenvalue weighted by Crippen LogP contribution is 2.47. The molecule has 0 N–H and O–H groups in total. The summed E-state index contributed by atoms with van der Waals surface area (Å²) in [6.45, 7) is 3.53. The SMILES string of the molecule is COC(=O)C1=C(C)N(C2CC2)C(C)=C(C(=O)OC)C1c1ccc(C(F)(F)F)cc1. The number of hydrogen-bond donors (Lipinski definition) is 0. The molecule has 0 saturated heterocycles. The van der Waals surface area contributed by atoms with Crippen LogP contribution in [0.5, 0.6) is 0 Å². The van der Waals surface area contributed by atoms with E-state index in [9.17, 15) is 22.8 Å². The average molecular weight is 409 g/mol. The van der Waals surface area contributed by atoms with E-state index in [1.807, 2.05) is 4.90 Å². The number of nitrogens with zero attached hydrogens (tertiary/aromatic N) is 1. The number of allylic oxidation sites excluding steroid dienone is 2. The summed E-state index contributed by atoms with van der Waals surface area (Å²) in [4.78, 5) is 27.3. The molecule has 0 radical (unpaired) electrons. The summed E-state index contributed by atoms with van der Waals surface area (Å²) in [6.07, 6.45) is -2.65. The van der Waals surface area contributed by atoms with Crippen LogP contribution in [0.3, 0.4) is 0 Å². The highest BCUT2D eigenvalue weighted by Gasteiger charge is 2.44. The molecule has 1 fully saturated rings. The summed E-state index contributed by atoms with van der Waals surface area (Å²) in [6, 6.07) is 4.62. The molecule has 0 unspecified atom stereocenters. The second-order valence-corrected chi connectivity index (χ2v) is 7.14. The molecule has 1 heterocycles. The maximum atomic E-state index is 13.0. The fourth-order valence-electron chi connectivity index (χ4n) is 3.90. The van der Waals surface area contributed by atoms with Gasteiger partial charge in [0.05, 0.1) is 36.8 Å². The largest absolute Gasteiger partial charge is 0.466 e. The fourth-order valence-corrected chi connectivity index (χ4v) is 3.90. The van der Waals surface area contributed by atoms with Gasteiger partial charge in [0.25, 0.3) is 0 Å². The summed E-state index contributed by atoms with van der Waals surface area (Å²) in [5.74, 6) is -2.15. The van der Waals surface area contributed by atoms with E-state index in [1.54, 1.807) is 13.8 Å². The highest BCUT2D eigenvalue weighted by atomic mass is 19.4. The third-order valence-electron chi connectivity index (χ3n) is 5.37. The second-order valence-electron chi connectivity index (χ2n) is 7.14. The molecule has 0 amide bonds. The molecule has 1 aromatic rings. The molecule has 1 aliphatic carbocycles. The van der Waals surface area contributed by atoms with Crippen LogP contribution in [0.15, 0.2) is 46.8 Å². The van der Waals surface area contributed by atoms with Gasteiger partial charge < -0.3 is 14.4 Å². The third kappa shape index (κ3) is 3.75. The van der Waals surface area contributed by atoms with E-state index in [-0.39, 0.29) is 17.2 Å². The van der Waals surface area contributed by atoms with Gasteiger partial charge in [-0.2, -0.15) is 13.2 Å². The molecule has 1 aromatic carbocycles. The Kier molecular flexibility index (Phi) is 5.47. The van der Waals surface area contributed by atoms with Crippen LogP contribution in [-0.2, 0) is 25.2 Å². The predicted octanol–water partition coefficient (Wildman–Crippen LogP) is 4.16. The number of ether oxygens (including phenoxy) is 2. The van der Waals surface area contributed by atoms with Gasteiger partial charge in [0.15, 0.2) is 0 Å². The quantitative estimate of drug-likeness (QED) is 0.699. The molecule has 1 aliphatic heterocycles. The zero-order chi connectivity index (χ0) is 21.5. The Bertz CT molecular complexity index is 855. The first kappa shape index (κ1) is 21.0. The lowest BCUT2D eigenvalue weighted by Crippen LogP contribution is -2.36. The van der Waals surface area contributed by atoms with E-state index in [0.717, 1.165) is 25.0 Å². The number of methoxy groups -OCH3 is 2. The average Bonchev–Trinajstić information content (AvgIpc) is 3.51. The van der Waals surface area contributed by atoms with Crippen LogP contribution in [0.4, 0.5) is 13.2 Å². The first-order chi connectivity index (χ1) is 13.6. The van der Waals surface area contributed by atoms with Crippen molar-refractivity contribution in [3.05, 3.63) is 57.9 Å². The minimum atomic E-state index is -4.48. The minimum absolute atomic E-state index is 0.169. The Morgan fingerprint density at radius 3 is 1.72 bits per heavy atom. The van der Waals surface area contributed by atoms with E-state index in [0.29, 0.717) is 17.0 Å². The van der Waals surface area contributed by atoms with Crippen LogP contribution in [0.1, 0.15) is 43.7 Å². The summed E-state index contributed by atoms with van der Waals surface area (Å²) < 4.78 is 48.8. The Hall–Kier alpha value is -2.77. The molecule has 5 nitrogen and oxygen atoms in total. The lowest BCUT2D eigenvalue weighted by molar-refractivity contribution is -0.138. The molecule has 2 aliphatic rings. The van der Waals surface area contributed by atoms with Crippen LogP contribution >= 0.6 is 0 Å². The molecule has 156 valence electrons. The number of rotatable bonds is 4. The van der Waals surface area contributed by atoms with Crippen molar-refractivity contribution in [3.8, 4) is 0 Å². The Morgan fingerprint density at radius 1 is 0.931 bits per heavy atom. The monoisotopic (exact) mass is 409 g/mol. The Morgan fingerprint density at radius 2 is 1.38 bits per heavy atom. The Balaban J connectivity index is 2.21. The second kappa shape index (κ2) is 7.57. The fraction of sp³-hybridized carbons (Fsp3) is 0.429. The number of halogens is 3. The van der Waals surface area contributed by atoms with E-state index < -0.39 is 29.6 Å². The summed E-state index contributed by atoms with van der Waals surface area (Å²) in [7, 11) is 2.47. The van der Waals surface area contributed by atoms with Crippen molar-refractivity contribution < 1.29 is 32.2 Å². The van der Waals surface area contributed by atoms with Crippen LogP contribution < -0.4 is 0 Å². The van der Waals surface area contributed by atoms with E-state index >= 15 is 0 Å². The predicted molar refractivity (Wildman–Crippen MR) is 98.5 cm³/mol. The number of alkyl halides is 3. The van der Waals surface area contributed by atoms with Gasteiger partial charge in [-0.05, 0) is 44.4 Å². The van der Waals surface area contributed by atoms with Gasteiger partial charge in [-0.3, -0.25) is 0 Å². The normalized spacial score (nSPS) is 18.2. The van der Waals surface area contributed by atoms with Crippen molar-refractivity contribution in [1.82, 2.24) is 4.90 Å². The highest BCUT2D eigenvalue weighted by molar-refractivity contribution is 5.99. The van der Waals surface area contributed by atoms with Crippen LogP contribution in [0.25, 0.3) is 0 Å². The van der Waals surface area contributed by atoms with Gasteiger partial charge >= 0.3 is 18.1 Å². The lowest BCUT2D eigenvalue weighted by atomic mass is 9.79. The summed E-state index contributed by atoms with van der Waals surface area (Å²) >= 11 is 0. The molecule has 0 spiro atoms. The van der Waals surface area contributed by atoms with Crippen molar-refractivity contribution in [1.29, 1.82) is 0 Å². The molecule has 0 atom stereocenters. The first-order valence-corrected chi connectivity index (χ1v) is 9.16. The van der Waals surface area contributed by atoms with Crippen molar-refractivity contribution in [2.45, 2.75) is 44.8 Å². The molecular weight excluding hydrogens is 387 g/mol. The molecule has 1 saturated carbocycles. The van der Waals surface area contributed by atoms with Crippen molar-refractivity contribution >= 4 is 11.9 Å². The lowest BCUT2D eigenvalue weighted by Gasteiger charge is -2.38. The molecule has 3 rings (SSSR count). The summed E-state index contributed by atoms with van der Waals surface area (Å²) in [5.41, 5.74) is 1.30. The van der Waals surface area contributed by atoms with E-state index in [2.05, 4.69) is 0 Å². The van der Waals surface area contributed by atoms with Gasteiger partial charge in [0.1, 0.15) is 0 Å². The topological polar surface area (TPSA) is 55.8 Å². The number of carbonyl (C=O) groups excluding carboxylic acids is 2. The van der Waals surface area contributed by atoms with Gasteiger partial charge in [-0.1, -0.05) is 12.1 Å². The zero-order valence-corrected chi connectivity index (χ0v) is 16.6. The third-order valence-corrected chi connectivity index (χ3v) is 5.37. The van der Waals surface area contributed by atoms with Crippen LogP contribution in [0, 0.1) is 0 Å². The number of hydrogen-bond acceptors (Lipinski definition) is 5. The van der Waals surface area contributed by atoms with Crippen LogP contribution in [0.2, 0.25) is 0 Å². The smallest absolute Gasteiger partial charge is 0.416 e. The number of carbonyl (C=O) groups is 2. The van der Waals surface area contributed by atoms with Gasteiger partial charge in [-0.25, -0.2) is 9.59 Å². The van der Waals surface area contributed by atoms with Gasteiger partial charge in [0.2, 0.25) is 0 Å². The maximum Gasteiger partial charge on any atom is 0.416 e. The molecule has 8 heteroatoms. The number of benzene rings is 1. The van der Waals surface area contributed by atoms with Gasteiger partial charge in [-0.15, -0.1) is 0 Å². The van der Waals surface area contributed by atoms with Gasteiger partial charge in [0, 0.05) is 17.4 Å². The summed E-state index contributed by atoms with van der Waals surface area (Å²) in [5, 5.41) is 0. The molecular formula is C21H22F3NO4. The zero-order valence-electron chi connectivity index (χ0n) is 16.6. The van der Waals surface area contributed by atoms with E-state index in [4.69, 9.17) is 9.47 Å². The van der Waals surface area contributed by atoms with Crippen molar-refractivity contribution in [3.63, 3.8) is 0 Å². The van der Waals surface area contributed by atoms with Crippen LogP contribution in [-0.4, -0.2) is 37.1 Å². The molecule has 0 aromatic heterocycles. The first-order valence-electron chi connectivity index (χ1n) is 9.16. The van der Waals surface area contributed by atoms with Crippen molar-refractivity contribution in [2.24, 2.45) is 0 Å². The minimum Gasteiger partial charge on any atom is -0.466 e. The Labute approximate surface area is 166 Å². The maximum absolute atomic E-state index is 13.0.